The third-order valence-corrected chi connectivity index (χ3v) is 3.29. The van der Waals surface area contributed by atoms with Crippen molar-refractivity contribution < 1.29 is 0 Å². The lowest BCUT2D eigenvalue weighted by atomic mass is 9.99. The molecule has 0 radical (unpaired) electrons. The fourth-order valence-corrected chi connectivity index (χ4v) is 2.13. The molecule has 0 aliphatic rings. The highest BCUT2D eigenvalue weighted by atomic mass is 35.5. The van der Waals surface area contributed by atoms with Crippen molar-refractivity contribution in [3.05, 3.63) is 46.0 Å². The minimum Gasteiger partial charge on any atom is -0.327 e. The minimum absolute atomic E-state index is 0.0323. The van der Waals surface area contributed by atoms with Gasteiger partial charge < -0.3 is 5.73 Å². The monoisotopic (exact) mass is 257 g/mol. The van der Waals surface area contributed by atoms with Crippen molar-refractivity contribution in [2.75, 3.05) is 0 Å². The number of rotatable bonds is 5. The van der Waals surface area contributed by atoms with Crippen LogP contribution in [0, 0.1) is 0 Å². The van der Waals surface area contributed by atoms with Gasteiger partial charge in [-0.2, -0.15) is 0 Å². The van der Waals surface area contributed by atoms with E-state index in [1.807, 2.05) is 18.2 Å². The largest absolute Gasteiger partial charge is 0.327 e. The van der Waals surface area contributed by atoms with E-state index in [2.05, 4.69) is 13.5 Å². The van der Waals surface area contributed by atoms with Crippen LogP contribution >= 0.6 is 23.2 Å². The second-order valence-electron chi connectivity index (χ2n) is 3.97. The molecular weight excluding hydrogens is 241 g/mol. The van der Waals surface area contributed by atoms with Crippen LogP contribution in [0.4, 0.5) is 0 Å². The van der Waals surface area contributed by atoms with Gasteiger partial charge in [0.05, 0.1) is 0 Å². The Labute approximate surface area is 107 Å². The molecule has 1 atom stereocenters. The van der Waals surface area contributed by atoms with E-state index in [-0.39, 0.29) is 6.04 Å². The van der Waals surface area contributed by atoms with Gasteiger partial charge in [-0.05, 0) is 37.0 Å². The molecular formula is C13H17Cl2N. The fourth-order valence-electron chi connectivity index (χ4n) is 1.58. The van der Waals surface area contributed by atoms with Crippen LogP contribution in [0.2, 0.25) is 10.0 Å². The van der Waals surface area contributed by atoms with Crippen LogP contribution < -0.4 is 5.73 Å². The molecule has 0 saturated heterocycles. The zero-order chi connectivity index (χ0) is 12.1. The van der Waals surface area contributed by atoms with E-state index in [0.717, 1.165) is 24.0 Å². The number of hydrogen-bond acceptors (Lipinski definition) is 1. The van der Waals surface area contributed by atoms with Crippen LogP contribution in [0.5, 0.6) is 0 Å². The van der Waals surface area contributed by atoms with Gasteiger partial charge in [0.1, 0.15) is 0 Å². The quantitative estimate of drug-likeness (QED) is 0.786. The SMILES string of the molecule is C=C(CC)CC(N)Cc1c(Cl)cccc1Cl. The lowest BCUT2D eigenvalue weighted by molar-refractivity contribution is 0.651. The minimum atomic E-state index is 0.0323. The van der Waals surface area contributed by atoms with Gasteiger partial charge in [0.15, 0.2) is 0 Å². The molecule has 1 nitrogen and oxygen atoms in total. The van der Waals surface area contributed by atoms with Gasteiger partial charge in [0.25, 0.3) is 0 Å². The molecule has 0 aliphatic carbocycles. The zero-order valence-corrected chi connectivity index (χ0v) is 11.0. The summed E-state index contributed by atoms with van der Waals surface area (Å²) in [5.41, 5.74) is 8.14. The average molecular weight is 258 g/mol. The average Bonchev–Trinajstić information content (AvgIpc) is 2.23. The Hall–Kier alpha value is -0.500. The predicted molar refractivity (Wildman–Crippen MR) is 72.2 cm³/mol. The Morgan fingerprint density at radius 1 is 1.38 bits per heavy atom. The van der Waals surface area contributed by atoms with E-state index < -0.39 is 0 Å². The zero-order valence-electron chi connectivity index (χ0n) is 9.47. The van der Waals surface area contributed by atoms with E-state index in [4.69, 9.17) is 28.9 Å². The number of hydrogen-bond donors (Lipinski definition) is 1. The van der Waals surface area contributed by atoms with Gasteiger partial charge in [-0.25, -0.2) is 0 Å². The summed E-state index contributed by atoms with van der Waals surface area (Å²) in [6.45, 7) is 6.03. The Bertz CT molecular complexity index is 354. The van der Waals surface area contributed by atoms with E-state index in [0.29, 0.717) is 16.5 Å². The van der Waals surface area contributed by atoms with Gasteiger partial charge in [0.2, 0.25) is 0 Å². The Kier molecular flexibility index (Phi) is 5.33. The summed E-state index contributed by atoms with van der Waals surface area (Å²) in [5, 5.41) is 1.37. The maximum absolute atomic E-state index is 6.08. The van der Waals surface area contributed by atoms with Crippen molar-refractivity contribution in [1.82, 2.24) is 0 Å². The van der Waals surface area contributed by atoms with Crippen molar-refractivity contribution in [1.29, 1.82) is 0 Å². The smallest absolute Gasteiger partial charge is 0.0453 e. The number of benzene rings is 1. The maximum Gasteiger partial charge on any atom is 0.0453 e. The first kappa shape index (κ1) is 13.6. The lowest BCUT2D eigenvalue weighted by Gasteiger charge is -2.14. The second-order valence-corrected chi connectivity index (χ2v) is 4.79. The topological polar surface area (TPSA) is 26.0 Å². The van der Waals surface area contributed by atoms with Crippen LogP contribution in [0.15, 0.2) is 30.4 Å². The van der Waals surface area contributed by atoms with E-state index in [9.17, 15) is 0 Å². The van der Waals surface area contributed by atoms with Crippen LogP contribution in [-0.4, -0.2) is 6.04 Å². The molecule has 0 aliphatic heterocycles. The highest BCUT2D eigenvalue weighted by Gasteiger charge is 2.11. The first-order chi connectivity index (χ1) is 7.54. The van der Waals surface area contributed by atoms with Crippen molar-refractivity contribution in [2.45, 2.75) is 32.2 Å². The second kappa shape index (κ2) is 6.29. The molecule has 0 saturated carbocycles. The first-order valence-corrected chi connectivity index (χ1v) is 6.15. The van der Waals surface area contributed by atoms with Crippen LogP contribution in [-0.2, 0) is 6.42 Å². The molecule has 16 heavy (non-hydrogen) atoms. The highest BCUT2D eigenvalue weighted by molar-refractivity contribution is 6.35. The summed E-state index contributed by atoms with van der Waals surface area (Å²) in [7, 11) is 0. The predicted octanol–water partition coefficient (Wildman–Crippen LogP) is 4.22. The van der Waals surface area contributed by atoms with Gasteiger partial charge in [-0.3, -0.25) is 0 Å². The molecule has 3 heteroatoms. The molecule has 1 aromatic rings. The standard InChI is InChI=1S/C13H17Cl2N/c1-3-9(2)7-10(16)8-11-12(14)5-4-6-13(11)15/h4-6,10H,2-3,7-8,16H2,1H3. The molecule has 0 aromatic heterocycles. The summed E-state index contributed by atoms with van der Waals surface area (Å²) in [6, 6.07) is 5.55. The lowest BCUT2D eigenvalue weighted by Crippen LogP contribution is -2.23. The first-order valence-electron chi connectivity index (χ1n) is 5.39. The van der Waals surface area contributed by atoms with E-state index in [1.54, 1.807) is 0 Å². The van der Waals surface area contributed by atoms with Gasteiger partial charge in [-0.15, -0.1) is 0 Å². The third kappa shape index (κ3) is 3.82. The number of halogens is 2. The Morgan fingerprint density at radius 3 is 2.44 bits per heavy atom. The van der Waals surface area contributed by atoms with Gasteiger partial charge in [0, 0.05) is 16.1 Å². The maximum atomic E-state index is 6.08. The van der Waals surface area contributed by atoms with Gasteiger partial charge in [-0.1, -0.05) is 48.3 Å². The third-order valence-electron chi connectivity index (χ3n) is 2.58. The van der Waals surface area contributed by atoms with Gasteiger partial charge >= 0.3 is 0 Å². The molecule has 0 heterocycles. The normalized spacial score (nSPS) is 12.5. The van der Waals surface area contributed by atoms with Crippen molar-refractivity contribution in [2.24, 2.45) is 5.73 Å². The summed E-state index contributed by atoms with van der Waals surface area (Å²) < 4.78 is 0. The molecule has 1 unspecified atom stereocenters. The highest BCUT2D eigenvalue weighted by Crippen LogP contribution is 2.26. The molecule has 88 valence electrons. The van der Waals surface area contributed by atoms with E-state index >= 15 is 0 Å². The molecule has 1 rings (SSSR count). The van der Waals surface area contributed by atoms with Crippen LogP contribution in [0.1, 0.15) is 25.3 Å². The van der Waals surface area contributed by atoms with E-state index in [1.165, 1.54) is 0 Å². The van der Waals surface area contributed by atoms with Crippen molar-refractivity contribution >= 4 is 23.2 Å². The van der Waals surface area contributed by atoms with Crippen molar-refractivity contribution in [3.8, 4) is 0 Å². The summed E-state index contributed by atoms with van der Waals surface area (Å²) in [6.07, 6.45) is 2.47. The molecule has 0 bridgehead atoms. The Balaban J connectivity index is 2.69. The number of nitrogens with two attached hydrogens (primary N) is 1. The Morgan fingerprint density at radius 2 is 1.94 bits per heavy atom. The van der Waals surface area contributed by atoms with Crippen LogP contribution in [0.3, 0.4) is 0 Å². The molecule has 0 spiro atoms. The summed E-state index contributed by atoms with van der Waals surface area (Å²) in [4.78, 5) is 0. The molecule has 1 aromatic carbocycles. The fraction of sp³-hybridized carbons (Fsp3) is 0.385. The summed E-state index contributed by atoms with van der Waals surface area (Å²) >= 11 is 12.2. The van der Waals surface area contributed by atoms with Crippen LogP contribution in [0.25, 0.3) is 0 Å². The molecule has 0 fully saturated rings. The molecule has 2 N–H and O–H groups in total. The van der Waals surface area contributed by atoms with Crippen molar-refractivity contribution in [3.63, 3.8) is 0 Å². The summed E-state index contributed by atoms with van der Waals surface area (Å²) in [5.74, 6) is 0. The molecule has 0 amide bonds.